The highest BCUT2D eigenvalue weighted by atomic mass is 16.3. The molecule has 0 aliphatic carbocycles. The molecule has 0 fully saturated rings. The third-order valence-electron chi connectivity index (χ3n) is 2.69. The van der Waals surface area contributed by atoms with E-state index in [0.717, 1.165) is 23.9 Å². The van der Waals surface area contributed by atoms with Crippen molar-refractivity contribution in [2.24, 2.45) is 0 Å². The minimum absolute atomic E-state index is 0.0101. The summed E-state index contributed by atoms with van der Waals surface area (Å²) in [5.41, 5.74) is 8.03. The van der Waals surface area contributed by atoms with Crippen molar-refractivity contribution in [3.8, 4) is 0 Å². The molecular formula is C13H17N3O2. The SMILES string of the molecule is CNNC(=O)CCCc1ccc2oc(C)nc2c1. The average molecular weight is 247 g/mol. The first-order valence-electron chi connectivity index (χ1n) is 6.00. The molecular weight excluding hydrogens is 230 g/mol. The van der Waals surface area contributed by atoms with Crippen molar-refractivity contribution in [2.45, 2.75) is 26.2 Å². The zero-order valence-corrected chi connectivity index (χ0v) is 10.6. The van der Waals surface area contributed by atoms with Crippen molar-refractivity contribution >= 4 is 17.0 Å². The Labute approximate surface area is 106 Å². The van der Waals surface area contributed by atoms with Crippen molar-refractivity contribution in [3.05, 3.63) is 29.7 Å². The Morgan fingerprint density at radius 2 is 2.28 bits per heavy atom. The Balaban J connectivity index is 1.93. The molecule has 0 aliphatic rings. The maximum atomic E-state index is 11.2. The number of aromatic nitrogens is 1. The summed E-state index contributed by atoms with van der Waals surface area (Å²) in [5, 5.41) is 0. The maximum Gasteiger partial charge on any atom is 0.234 e. The van der Waals surface area contributed by atoms with Gasteiger partial charge in [-0.2, -0.15) is 0 Å². The fourth-order valence-corrected chi connectivity index (χ4v) is 1.90. The van der Waals surface area contributed by atoms with Gasteiger partial charge in [0.1, 0.15) is 5.52 Å². The molecule has 1 heterocycles. The molecule has 96 valence electrons. The Hall–Kier alpha value is -1.88. The van der Waals surface area contributed by atoms with Crippen LogP contribution in [0.25, 0.3) is 11.1 Å². The number of hydrogen-bond donors (Lipinski definition) is 2. The minimum Gasteiger partial charge on any atom is -0.441 e. The second-order valence-corrected chi connectivity index (χ2v) is 4.19. The van der Waals surface area contributed by atoms with E-state index in [9.17, 15) is 4.79 Å². The first-order valence-corrected chi connectivity index (χ1v) is 6.00. The molecule has 2 rings (SSSR count). The Morgan fingerprint density at radius 3 is 3.06 bits per heavy atom. The monoisotopic (exact) mass is 247 g/mol. The van der Waals surface area contributed by atoms with Crippen LogP contribution in [0.2, 0.25) is 0 Å². The number of carbonyl (C=O) groups excluding carboxylic acids is 1. The van der Waals surface area contributed by atoms with Gasteiger partial charge < -0.3 is 4.42 Å². The van der Waals surface area contributed by atoms with E-state index >= 15 is 0 Å². The van der Waals surface area contributed by atoms with Gasteiger partial charge in [0.2, 0.25) is 5.91 Å². The zero-order chi connectivity index (χ0) is 13.0. The molecule has 0 radical (unpaired) electrons. The number of fused-ring (bicyclic) bond motifs is 1. The molecule has 1 aromatic heterocycles. The van der Waals surface area contributed by atoms with Gasteiger partial charge in [0.05, 0.1) is 0 Å². The van der Waals surface area contributed by atoms with Crippen LogP contribution >= 0.6 is 0 Å². The van der Waals surface area contributed by atoms with Gasteiger partial charge in [-0.05, 0) is 30.5 Å². The summed E-state index contributed by atoms with van der Waals surface area (Å²) in [7, 11) is 1.68. The second kappa shape index (κ2) is 5.64. The molecule has 0 saturated heterocycles. The predicted molar refractivity (Wildman–Crippen MR) is 68.9 cm³/mol. The van der Waals surface area contributed by atoms with Gasteiger partial charge in [0.15, 0.2) is 11.5 Å². The third kappa shape index (κ3) is 3.07. The fraction of sp³-hybridized carbons (Fsp3) is 0.385. The summed E-state index contributed by atoms with van der Waals surface area (Å²) < 4.78 is 5.41. The number of hydrogen-bond acceptors (Lipinski definition) is 4. The van der Waals surface area contributed by atoms with Crippen LogP contribution in [0.1, 0.15) is 24.3 Å². The van der Waals surface area contributed by atoms with E-state index in [0.29, 0.717) is 12.3 Å². The molecule has 18 heavy (non-hydrogen) atoms. The van der Waals surface area contributed by atoms with Crippen molar-refractivity contribution in [2.75, 3.05) is 7.05 Å². The molecule has 5 nitrogen and oxygen atoms in total. The summed E-state index contributed by atoms with van der Waals surface area (Å²) in [4.78, 5) is 15.5. The zero-order valence-electron chi connectivity index (χ0n) is 10.6. The highest BCUT2D eigenvalue weighted by molar-refractivity contribution is 5.75. The van der Waals surface area contributed by atoms with Crippen LogP contribution in [-0.4, -0.2) is 17.9 Å². The van der Waals surface area contributed by atoms with Crippen molar-refractivity contribution in [3.63, 3.8) is 0 Å². The lowest BCUT2D eigenvalue weighted by atomic mass is 10.1. The normalized spacial score (nSPS) is 10.8. The van der Waals surface area contributed by atoms with Crippen molar-refractivity contribution in [1.82, 2.24) is 15.8 Å². The van der Waals surface area contributed by atoms with Gasteiger partial charge in [-0.1, -0.05) is 6.07 Å². The Bertz CT molecular complexity index is 548. The summed E-state index contributed by atoms with van der Waals surface area (Å²) in [6, 6.07) is 5.96. The number of aryl methyl sites for hydroxylation is 2. The van der Waals surface area contributed by atoms with Gasteiger partial charge in [-0.25, -0.2) is 10.4 Å². The third-order valence-corrected chi connectivity index (χ3v) is 2.69. The van der Waals surface area contributed by atoms with E-state index < -0.39 is 0 Å². The van der Waals surface area contributed by atoms with Gasteiger partial charge >= 0.3 is 0 Å². The van der Waals surface area contributed by atoms with E-state index in [2.05, 4.69) is 15.8 Å². The average Bonchev–Trinajstić information content (AvgIpc) is 2.69. The van der Waals surface area contributed by atoms with Crippen LogP contribution in [0.4, 0.5) is 0 Å². The van der Waals surface area contributed by atoms with E-state index in [4.69, 9.17) is 4.42 Å². The number of amides is 1. The van der Waals surface area contributed by atoms with Crippen LogP contribution in [-0.2, 0) is 11.2 Å². The molecule has 1 amide bonds. The smallest absolute Gasteiger partial charge is 0.234 e. The maximum absolute atomic E-state index is 11.2. The number of benzene rings is 1. The molecule has 5 heteroatoms. The summed E-state index contributed by atoms with van der Waals surface area (Å²) in [6.07, 6.45) is 2.19. The lowest BCUT2D eigenvalue weighted by Gasteiger charge is -2.03. The lowest BCUT2D eigenvalue weighted by Crippen LogP contribution is -2.33. The summed E-state index contributed by atoms with van der Waals surface area (Å²) in [5.74, 6) is 0.686. The highest BCUT2D eigenvalue weighted by Crippen LogP contribution is 2.17. The molecule has 0 aliphatic heterocycles. The summed E-state index contributed by atoms with van der Waals surface area (Å²) in [6.45, 7) is 1.84. The first-order chi connectivity index (χ1) is 8.69. The second-order valence-electron chi connectivity index (χ2n) is 4.19. The van der Waals surface area contributed by atoms with Gasteiger partial charge in [-0.15, -0.1) is 0 Å². The number of nitrogens with one attached hydrogen (secondary N) is 2. The van der Waals surface area contributed by atoms with E-state index in [1.165, 1.54) is 5.56 Å². The van der Waals surface area contributed by atoms with Crippen LogP contribution in [0, 0.1) is 6.92 Å². The molecule has 0 unspecified atom stereocenters. The lowest BCUT2D eigenvalue weighted by molar-refractivity contribution is -0.122. The molecule has 0 bridgehead atoms. The molecule has 2 N–H and O–H groups in total. The minimum atomic E-state index is 0.0101. The van der Waals surface area contributed by atoms with Crippen molar-refractivity contribution < 1.29 is 9.21 Å². The van der Waals surface area contributed by atoms with Gasteiger partial charge in [-0.3, -0.25) is 10.2 Å². The number of rotatable bonds is 5. The standard InChI is InChI=1S/C13H17N3O2/c1-9-15-11-8-10(6-7-12(11)18-9)4-3-5-13(17)16-14-2/h6-8,14H,3-5H2,1-2H3,(H,16,17). The van der Waals surface area contributed by atoms with Crippen LogP contribution < -0.4 is 10.9 Å². The van der Waals surface area contributed by atoms with Gasteiger partial charge in [0, 0.05) is 20.4 Å². The molecule has 0 atom stereocenters. The number of nitrogens with zero attached hydrogens (tertiary/aromatic N) is 1. The topological polar surface area (TPSA) is 67.2 Å². The largest absolute Gasteiger partial charge is 0.441 e. The molecule has 0 saturated carbocycles. The van der Waals surface area contributed by atoms with Crippen LogP contribution in [0.5, 0.6) is 0 Å². The van der Waals surface area contributed by atoms with Crippen LogP contribution in [0.3, 0.4) is 0 Å². The Kier molecular flexibility index (Phi) is 3.94. The summed E-state index contributed by atoms with van der Waals surface area (Å²) >= 11 is 0. The molecule has 2 aromatic rings. The predicted octanol–water partition coefficient (Wildman–Crippen LogP) is 1.71. The van der Waals surface area contributed by atoms with E-state index in [1.54, 1.807) is 7.05 Å². The molecule has 1 aromatic carbocycles. The van der Waals surface area contributed by atoms with Gasteiger partial charge in [0.25, 0.3) is 0 Å². The van der Waals surface area contributed by atoms with E-state index in [1.807, 2.05) is 25.1 Å². The number of oxazole rings is 1. The highest BCUT2D eigenvalue weighted by Gasteiger charge is 2.04. The van der Waals surface area contributed by atoms with Crippen LogP contribution in [0.15, 0.2) is 22.6 Å². The van der Waals surface area contributed by atoms with E-state index in [-0.39, 0.29) is 5.91 Å². The first kappa shape index (κ1) is 12.6. The van der Waals surface area contributed by atoms with Crippen molar-refractivity contribution in [1.29, 1.82) is 0 Å². The number of carbonyl (C=O) groups is 1. The Morgan fingerprint density at radius 1 is 1.44 bits per heavy atom. The fourth-order valence-electron chi connectivity index (χ4n) is 1.90. The number of hydrazine groups is 1. The molecule has 0 spiro atoms. The quantitative estimate of drug-likeness (QED) is 0.789.